The van der Waals surface area contributed by atoms with E-state index in [1.165, 1.54) is 29.2 Å². The monoisotopic (exact) mass is 442 g/mol. The number of sulfonamides is 1. The number of para-hydroxylation sites is 2. The van der Waals surface area contributed by atoms with Gasteiger partial charge in [0.05, 0.1) is 16.1 Å². The quantitative estimate of drug-likeness (QED) is 0.566. The van der Waals surface area contributed by atoms with Crippen LogP contribution >= 0.6 is 0 Å². The van der Waals surface area contributed by atoms with Crippen molar-refractivity contribution in [2.24, 2.45) is 0 Å². The first kappa shape index (κ1) is 22.0. The Hall–Kier alpha value is -3.72. The highest BCUT2D eigenvalue weighted by atomic mass is 32.2. The van der Waals surface area contributed by atoms with E-state index >= 15 is 0 Å². The van der Waals surface area contributed by atoms with Gasteiger partial charge in [-0.25, -0.2) is 17.6 Å². The van der Waals surface area contributed by atoms with Gasteiger partial charge in [0.15, 0.2) is 6.61 Å². The number of nitrogens with one attached hydrogen (secondary N) is 1. The zero-order valence-corrected chi connectivity index (χ0v) is 17.3. The van der Waals surface area contributed by atoms with Gasteiger partial charge in [-0.05, 0) is 48.5 Å². The average molecular weight is 442 g/mol. The van der Waals surface area contributed by atoms with Crippen molar-refractivity contribution >= 4 is 33.3 Å². The van der Waals surface area contributed by atoms with Gasteiger partial charge in [-0.3, -0.25) is 9.52 Å². The van der Waals surface area contributed by atoms with Crippen LogP contribution in [0.15, 0.2) is 83.8 Å². The number of esters is 1. The minimum absolute atomic E-state index is 0.0271. The zero-order chi connectivity index (χ0) is 22.4. The Kier molecular flexibility index (Phi) is 6.66. The molecule has 0 saturated heterocycles. The zero-order valence-electron chi connectivity index (χ0n) is 16.5. The number of likely N-dealkylation sites (N-methyl/N-ethyl adjacent to an activating group) is 1. The lowest BCUT2D eigenvalue weighted by Gasteiger charge is -2.17. The first-order valence-electron chi connectivity index (χ1n) is 9.14. The highest BCUT2D eigenvalue weighted by molar-refractivity contribution is 7.92. The summed E-state index contributed by atoms with van der Waals surface area (Å²) in [6.07, 6.45) is 0. The van der Waals surface area contributed by atoms with Gasteiger partial charge in [-0.15, -0.1) is 0 Å². The predicted molar refractivity (Wildman–Crippen MR) is 114 cm³/mol. The molecule has 31 heavy (non-hydrogen) atoms. The molecule has 9 heteroatoms. The fraction of sp³-hybridized carbons (Fsp3) is 0.0909. The third kappa shape index (κ3) is 5.46. The van der Waals surface area contributed by atoms with Crippen molar-refractivity contribution < 1.29 is 27.1 Å². The fourth-order valence-corrected chi connectivity index (χ4v) is 3.74. The van der Waals surface area contributed by atoms with Crippen molar-refractivity contribution in [3.8, 4) is 0 Å². The number of nitrogens with zero attached hydrogens (tertiary/aromatic N) is 1. The molecule has 3 aromatic carbocycles. The van der Waals surface area contributed by atoms with Crippen LogP contribution in [0, 0.1) is 5.82 Å². The molecule has 0 radical (unpaired) electrons. The summed E-state index contributed by atoms with van der Waals surface area (Å²) in [6, 6.07) is 18.9. The van der Waals surface area contributed by atoms with Gasteiger partial charge >= 0.3 is 5.97 Å². The second-order valence-corrected chi connectivity index (χ2v) is 8.15. The summed E-state index contributed by atoms with van der Waals surface area (Å²) < 4.78 is 45.6. The smallest absolute Gasteiger partial charge is 0.340 e. The minimum atomic E-state index is -4.07. The van der Waals surface area contributed by atoms with Gasteiger partial charge in [-0.1, -0.05) is 30.3 Å². The SMILES string of the molecule is CN(C(=O)COC(=O)c1ccccc1NS(=O)(=O)c1ccc(F)cc1)c1ccccc1. The Morgan fingerprint density at radius 3 is 2.23 bits per heavy atom. The van der Waals surface area contributed by atoms with E-state index in [0.717, 1.165) is 24.3 Å². The Balaban J connectivity index is 1.71. The molecule has 0 fully saturated rings. The topological polar surface area (TPSA) is 92.8 Å². The van der Waals surface area contributed by atoms with Crippen LogP contribution in [-0.4, -0.2) is 33.9 Å². The standard InChI is InChI=1S/C22H19FN2O5S/c1-25(17-7-3-2-4-8-17)21(26)15-30-22(27)19-9-5-6-10-20(19)24-31(28,29)18-13-11-16(23)12-14-18/h2-14,24H,15H2,1H3. The molecule has 0 aliphatic carbocycles. The summed E-state index contributed by atoms with van der Waals surface area (Å²) in [5.41, 5.74) is 0.542. The fourth-order valence-electron chi connectivity index (χ4n) is 2.67. The predicted octanol–water partition coefficient (Wildman–Crippen LogP) is 3.45. The van der Waals surface area contributed by atoms with Gasteiger partial charge in [0.2, 0.25) is 0 Å². The van der Waals surface area contributed by atoms with Gasteiger partial charge in [0.1, 0.15) is 5.82 Å². The maximum atomic E-state index is 13.1. The largest absolute Gasteiger partial charge is 0.452 e. The number of hydrogen-bond acceptors (Lipinski definition) is 5. The van der Waals surface area contributed by atoms with E-state index in [1.807, 2.05) is 6.07 Å². The third-order valence-corrected chi connectivity index (χ3v) is 5.74. The number of halogens is 1. The molecule has 0 heterocycles. The highest BCUT2D eigenvalue weighted by Crippen LogP contribution is 2.21. The first-order valence-corrected chi connectivity index (χ1v) is 10.6. The summed E-state index contributed by atoms with van der Waals surface area (Å²) >= 11 is 0. The lowest BCUT2D eigenvalue weighted by Crippen LogP contribution is -2.31. The Labute approximate surface area is 179 Å². The summed E-state index contributed by atoms with van der Waals surface area (Å²) in [7, 11) is -2.51. The van der Waals surface area contributed by atoms with Crippen molar-refractivity contribution in [1.82, 2.24) is 0 Å². The molecule has 7 nitrogen and oxygen atoms in total. The molecule has 3 rings (SSSR count). The van der Waals surface area contributed by atoms with Crippen molar-refractivity contribution in [2.45, 2.75) is 4.90 Å². The molecule has 0 aromatic heterocycles. The van der Waals surface area contributed by atoms with Crippen LogP contribution in [0.4, 0.5) is 15.8 Å². The maximum absolute atomic E-state index is 13.1. The number of hydrogen-bond donors (Lipinski definition) is 1. The normalized spacial score (nSPS) is 10.9. The molecule has 0 aliphatic heterocycles. The molecule has 0 bridgehead atoms. The summed E-state index contributed by atoms with van der Waals surface area (Å²) in [5, 5.41) is 0. The maximum Gasteiger partial charge on any atom is 0.340 e. The van der Waals surface area contributed by atoms with Crippen molar-refractivity contribution in [3.63, 3.8) is 0 Å². The lowest BCUT2D eigenvalue weighted by molar-refractivity contribution is -0.121. The summed E-state index contributed by atoms with van der Waals surface area (Å²) in [4.78, 5) is 26.0. The van der Waals surface area contributed by atoms with Crippen LogP contribution < -0.4 is 9.62 Å². The first-order chi connectivity index (χ1) is 14.8. The highest BCUT2D eigenvalue weighted by Gasteiger charge is 2.21. The number of amides is 1. The van der Waals surface area contributed by atoms with Crippen molar-refractivity contribution in [3.05, 3.63) is 90.2 Å². The number of benzene rings is 3. The van der Waals surface area contributed by atoms with E-state index in [1.54, 1.807) is 31.3 Å². The van der Waals surface area contributed by atoms with Crippen LogP contribution in [0.3, 0.4) is 0 Å². The molecule has 160 valence electrons. The minimum Gasteiger partial charge on any atom is -0.452 e. The number of anilines is 2. The van der Waals surface area contributed by atoms with Crippen LogP contribution in [0.2, 0.25) is 0 Å². The summed E-state index contributed by atoms with van der Waals surface area (Å²) in [6.45, 7) is -0.525. The molecular formula is C22H19FN2O5S. The van der Waals surface area contributed by atoms with Crippen molar-refractivity contribution in [2.75, 3.05) is 23.3 Å². The van der Waals surface area contributed by atoms with Gasteiger partial charge in [0, 0.05) is 12.7 Å². The average Bonchev–Trinajstić information content (AvgIpc) is 2.77. The van der Waals surface area contributed by atoms with Crippen molar-refractivity contribution in [1.29, 1.82) is 0 Å². The van der Waals surface area contributed by atoms with E-state index in [0.29, 0.717) is 5.69 Å². The van der Waals surface area contributed by atoms with Gasteiger partial charge in [0.25, 0.3) is 15.9 Å². The van der Waals surface area contributed by atoms with E-state index in [4.69, 9.17) is 4.74 Å². The molecule has 0 atom stereocenters. The Morgan fingerprint density at radius 2 is 1.55 bits per heavy atom. The summed E-state index contributed by atoms with van der Waals surface area (Å²) in [5.74, 6) is -1.90. The van der Waals surface area contributed by atoms with Gasteiger partial charge < -0.3 is 9.64 Å². The molecule has 0 spiro atoms. The molecule has 0 saturated carbocycles. The van der Waals surface area contributed by atoms with Gasteiger partial charge in [-0.2, -0.15) is 0 Å². The molecule has 0 unspecified atom stereocenters. The lowest BCUT2D eigenvalue weighted by atomic mass is 10.2. The van der Waals surface area contributed by atoms with Crippen LogP contribution in [0.25, 0.3) is 0 Å². The second-order valence-electron chi connectivity index (χ2n) is 6.47. The van der Waals surface area contributed by atoms with E-state index in [2.05, 4.69) is 4.72 Å². The number of ether oxygens (including phenoxy) is 1. The molecule has 1 N–H and O–H groups in total. The third-order valence-electron chi connectivity index (χ3n) is 4.36. The number of rotatable bonds is 7. The Morgan fingerprint density at radius 1 is 0.935 bits per heavy atom. The van der Waals surface area contributed by atoms with Crippen LogP contribution in [-0.2, 0) is 19.6 Å². The van der Waals surface area contributed by atoms with E-state index in [-0.39, 0.29) is 16.1 Å². The van der Waals surface area contributed by atoms with E-state index in [9.17, 15) is 22.4 Å². The molecule has 0 aliphatic rings. The van der Waals surface area contributed by atoms with Crippen LogP contribution in [0.1, 0.15) is 10.4 Å². The molecule has 1 amide bonds. The Bertz CT molecular complexity index is 1180. The second kappa shape index (κ2) is 9.40. The number of carbonyl (C=O) groups excluding carboxylic acids is 2. The molecular weight excluding hydrogens is 423 g/mol. The van der Waals surface area contributed by atoms with Crippen LogP contribution in [0.5, 0.6) is 0 Å². The number of carbonyl (C=O) groups is 2. The molecule has 3 aromatic rings. The van der Waals surface area contributed by atoms with E-state index < -0.39 is 34.3 Å².